The standard InChI is InChI=1S/C14H17N3S/c1-3-4-13-16-12(15)9-14(17-13)18-11-7-5-10(2)6-8-11/h5-9H,3-4H2,1-2H3,(H2,15,16,17). The first-order valence-corrected chi connectivity index (χ1v) is 6.87. The highest BCUT2D eigenvalue weighted by atomic mass is 32.2. The van der Waals surface area contributed by atoms with E-state index in [0.717, 1.165) is 23.7 Å². The molecule has 1 aromatic carbocycles. The number of aryl methyl sites for hydroxylation is 2. The molecule has 0 aliphatic heterocycles. The molecule has 1 heterocycles. The van der Waals surface area contributed by atoms with Gasteiger partial charge in [-0.1, -0.05) is 36.4 Å². The fourth-order valence-corrected chi connectivity index (χ4v) is 2.45. The molecule has 0 amide bonds. The Morgan fingerprint density at radius 3 is 2.56 bits per heavy atom. The zero-order valence-corrected chi connectivity index (χ0v) is 11.5. The van der Waals surface area contributed by atoms with E-state index in [9.17, 15) is 0 Å². The van der Waals surface area contributed by atoms with Crippen molar-refractivity contribution in [2.24, 2.45) is 0 Å². The Morgan fingerprint density at radius 2 is 1.89 bits per heavy atom. The maximum absolute atomic E-state index is 5.80. The molecule has 3 nitrogen and oxygen atoms in total. The molecule has 0 fully saturated rings. The van der Waals surface area contributed by atoms with Gasteiger partial charge in [0, 0.05) is 17.4 Å². The van der Waals surface area contributed by atoms with Gasteiger partial charge in [0.2, 0.25) is 0 Å². The van der Waals surface area contributed by atoms with Crippen LogP contribution in [0.2, 0.25) is 0 Å². The molecule has 0 atom stereocenters. The third-order valence-electron chi connectivity index (χ3n) is 2.49. The molecule has 0 unspecified atom stereocenters. The van der Waals surface area contributed by atoms with Crippen LogP contribution in [0.5, 0.6) is 0 Å². The monoisotopic (exact) mass is 259 g/mol. The van der Waals surface area contributed by atoms with Crippen LogP contribution in [-0.2, 0) is 6.42 Å². The van der Waals surface area contributed by atoms with Gasteiger partial charge in [0.15, 0.2) is 0 Å². The lowest BCUT2D eigenvalue weighted by molar-refractivity contribution is 0.813. The second-order valence-electron chi connectivity index (χ2n) is 4.21. The Kier molecular flexibility index (Phi) is 4.20. The van der Waals surface area contributed by atoms with Crippen LogP contribution in [0.3, 0.4) is 0 Å². The van der Waals surface area contributed by atoms with Crippen molar-refractivity contribution in [1.29, 1.82) is 0 Å². The lowest BCUT2D eigenvalue weighted by atomic mass is 10.2. The van der Waals surface area contributed by atoms with E-state index in [0.29, 0.717) is 5.82 Å². The van der Waals surface area contributed by atoms with Crippen LogP contribution in [0.25, 0.3) is 0 Å². The summed E-state index contributed by atoms with van der Waals surface area (Å²) in [5.74, 6) is 1.37. The van der Waals surface area contributed by atoms with Gasteiger partial charge in [0.1, 0.15) is 16.7 Å². The Hall–Kier alpha value is -1.55. The van der Waals surface area contributed by atoms with Crippen LogP contribution in [0.1, 0.15) is 24.7 Å². The molecule has 18 heavy (non-hydrogen) atoms. The largest absolute Gasteiger partial charge is 0.384 e. The maximum atomic E-state index is 5.80. The minimum Gasteiger partial charge on any atom is -0.384 e. The molecule has 4 heteroatoms. The number of aromatic nitrogens is 2. The van der Waals surface area contributed by atoms with Crippen molar-refractivity contribution < 1.29 is 0 Å². The fourth-order valence-electron chi connectivity index (χ4n) is 1.61. The topological polar surface area (TPSA) is 51.8 Å². The number of nitrogens with two attached hydrogens (primary N) is 1. The average molecular weight is 259 g/mol. The summed E-state index contributed by atoms with van der Waals surface area (Å²) in [6.07, 6.45) is 1.89. The number of hydrogen-bond donors (Lipinski definition) is 1. The summed E-state index contributed by atoms with van der Waals surface area (Å²) in [5, 5.41) is 0.912. The molecule has 1 aromatic heterocycles. The van der Waals surface area contributed by atoms with Crippen molar-refractivity contribution in [3.63, 3.8) is 0 Å². The zero-order valence-electron chi connectivity index (χ0n) is 10.7. The van der Waals surface area contributed by atoms with Crippen LogP contribution >= 0.6 is 11.8 Å². The van der Waals surface area contributed by atoms with Gasteiger partial charge in [0.25, 0.3) is 0 Å². The van der Waals surface area contributed by atoms with Crippen molar-refractivity contribution in [2.45, 2.75) is 36.6 Å². The van der Waals surface area contributed by atoms with Crippen molar-refractivity contribution in [3.05, 3.63) is 41.7 Å². The van der Waals surface area contributed by atoms with E-state index >= 15 is 0 Å². The smallest absolute Gasteiger partial charge is 0.132 e. The van der Waals surface area contributed by atoms with E-state index in [4.69, 9.17) is 5.73 Å². The summed E-state index contributed by atoms with van der Waals surface area (Å²) in [7, 11) is 0. The summed E-state index contributed by atoms with van der Waals surface area (Å²) in [6.45, 7) is 4.19. The van der Waals surface area contributed by atoms with Gasteiger partial charge < -0.3 is 5.73 Å². The highest BCUT2D eigenvalue weighted by molar-refractivity contribution is 7.99. The minimum absolute atomic E-state index is 0.545. The summed E-state index contributed by atoms with van der Waals surface area (Å²) in [5.41, 5.74) is 7.06. The van der Waals surface area contributed by atoms with Crippen molar-refractivity contribution in [1.82, 2.24) is 9.97 Å². The number of benzene rings is 1. The van der Waals surface area contributed by atoms with E-state index in [1.54, 1.807) is 11.8 Å². The summed E-state index contributed by atoms with van der Waals surface area (Å²) in [4.78, 5) is 9.91. The van der Waals surface area contributed by atoms with Gasteiger partial charge >= 0.3 is 0 Å². The van der Waals surface area contributed by atoms with Crippen LogP contribution < -0.4 is 5.73 Å². The van der Waals surface area contributed by atoms with E-state index in [1.165, 1.54) is 10.5 Å². The van der Waals surface area contributed by atoms with Gasteiger partial charge in [-0.05, 0) is 25.5 Å². The predicted molar refractivity (Wildman–Crippen MR) is 75.7 cm³/mol. The molecule has 0 saturated carbocycles. The van der Waals surface area contributed by atoms with Gasteiger partial charge in [0.05, 0.1) is 0 Å². The molecule has 0 saturated heterocycles. The SMILES string of the molecule is CCCc1nc(N)cc(Sc2ccc(C)cc2)n1. The Morgan fingerprint density at radius 1 is 1.17 bits per heavy atom. The lowest BCUT2D eigenvalue weighted by Gasteiger charge is -2.05. The number of nitrogens with zero attached hydrogens (tertiary/aromatic N) is 2. The molecule has 0 aliphatic rings. The van der Waals surface area contributed by atoms with Gasteiger partial charge in [-0.2, -0.15) is 0 Å². The molecule has 0 aliphatic carbocycles. The molecule has 94 valence electrons. The van der Waals surface area contributed by atoms with Crippen molar-refractivity contribution >= 4 is 17.6 Å². The third kappa shape index (κ3) is 3.47. The molecular formula is C14H17N3S. The molecule has 0 bridgehead atoms. The maximum Gasteiger partial charge on any atom is 0.132 e. The molecular weight excluding hydrogens is 242 g/mol. The third-order valence-corrected chi connectivity index (χ3v) is 3.41. The molecule has 2 rings (SSSR count). The highest BCUT2D eigenvalue weighted by Crippen LogP contribution is 2.27. The Labute approximate surface area is 112 Å². The minimum atomic E-state index is 0.545. The molecule has 0 spiro atoms. The van der Waals surface area contributed by atoms with Crippen LogP contribution in [0.15, 0.2) is 40.3 Å². The number of anilines is 1. The second-order valence-corrected chi connectivity index (χ2v) is 5.31. The predicted octanol–water partition coefficient (Wildman–Crippen LogP) is 3.47. The molecule has 0 radical (unpaired) electrons. The summed E-state index contributed by atoms with van der Waals surface area (Å²) < 4.78 is 0. The van der Waals surface area contributed by atoms with Crippen LogP contribution in [0.4, 0.5) is 5.82 Å². The Bertz CT molecular complexity index is 523. The van der Waals surface area contributed by atoms with E-state index in [-0.39, 0.29) is 0 Å². The normalized spacial score (nSPS) is 10.6. The Balaban J connectivity index is 2.20. The van der Waals surface area contributed by atoms with Gasteiger partial charge in [-0.15, -0.1) is 0 Å². The first-order valence-electron chi connectivity index (χ1n) is 6.05. The van der Waals surface area contributed by atoms with Gasteiger partial charge in [-0.25, -0.2) is 9.97 Å². The zero-order chi connectivity index (χ0) is 13.0. The number of hydrogen-bond acceptors (Lipinski definition) is 4. The lowest BCUT2D eigenvalue weighted by Crippen LogP contribution is -2.00. The summed E-state index contributed by atoms with van der Waals surface area (Å²) in [6, 6.07) is 10.2. The average Bonchev–Trinajstić information content (AvgIpc) is 2.32. The van der Waals surface area contributed by atoms with E-state index < -0.39 is 0 Å². The van der Waals surface area contributed by atoms with Gasteiger partial charge in [-0.3, -0.25) is 0 Å². The first-order chi connectivity index (χ1) is 8.67. The molecule has 2 aromatic rings. The quantitative estimate of drug-likeness (QED) is 0.854. The van der Waals surface area contributed by atoms with Crippen molar-refractivity contribution in [2.75, 3.05) is 5.73 Å². The van der Waals surface area contributed by atoms with Crippen LogP contribution in [-0.4, -0.2) is 9.97 Å². The summed E-state index contributed by atoms with van der Waals surface area (Å²) >= 11 is 1.62. The first kappa shape index (κ1) is 12.9. The number of nitrogen functional groups attached to an aromatic ring is 1. The molecule has 2 N–H and O–H groups in total. The number of rotatable bonds is 4. The highest BCUT2D eigenvalue weighted by Gasteiger charge is 2.04. The fraction of sp³-hybridized carbons (Fsp3) is 0.286. The van der Waals surface area contributed by atoms with Crippen molar-refractivity contribution in [3.8, 4) is 0 Å². The van der Waals surface area contributed by atoms with E-state index in [1.807, 2.05) is 6.07 Å². The van der Waals surface area contributed by atoms with E-state index in [2.05, 4.69) is 48.1 Å². The second kappa shape index (κ2) is 5.87. The van der Waals surface area contributed by atoms with Crippen LogP contribution in [0, 0.1) is 6.92 Å².